The number of allylic oxidation sites excluding steroid dienone is 12. The molecule has 0 fully saturated rings. The Kier molecular flexibility index (Phi) is 50.4. The van der Waals surface area contributed by atoms with Gasteiger partial charge in [0, 0.05) is 19.4 Å². The summed E-state index contributed by atoms with van der Waals surface area (Å²) in [4.78, 5) is 25.4. The van der Waals surface area contributed by atoms with Gasteiger partial charge in [0.1, 0.15) is 6.61 Å². The second kappa shape index (κ2) is 52.7. The molecule has 1 atom stereocenters. The average molecular weight is 865 g/mol. The Hall–Kier alpha value is -2.66. The minimum absolute atomic E-state index is 0.0653. The van der Waals surface area contributed by atoms with Gasteiger partial charge in [0.05, 0.1) is 6.61 Å². The Morgan fingerprint density at radius 2 is 0.726 bits per heavy atom. The molecule has 0 saturated carbocycles. The summed E-state index contributed by atoms with van der Waals surface area (Å²) in [6, 6.07) is 0. The van der Waals surface area contributed by atoms with Gasteiger partial charge in [-0.1, -0.05) is 203 Å². The van der Waals surface area contributed by atoms with E-state index in [9.17, 15) is 9.59 Å². The molecule has 0 bridgehead atoms. The summed E-state index contributed by atoms with van der Waals surface area (Å²) in [5.41, 5.74) is 0. The Labute approximate surface area is 385 Å². The van der Waals surface area contributed by atoms with Gasteiger partial charge in [0.15, 0.2) is 6.10 Å². The summed E-state index contributed by atoms with van der Waals surface area (Å²) in [7, 11) is 0. The van der Waals surface area contributed by atoms with E-state index < -0.39 is 6.10 Å². The Morgan fingerprint density at radius 3 is 1.23 bits per heavy atom. The molecule has 0 radical (unpaired) electrons. The van der Waals surface area contributed by atoms with Gasteiger partial charge >= 0.3 is 11.9 Å². The highest BCUT2D eigenvalue weighted by atomic mass is 16.6. The van der Waals surface area contributed by atoms with Crippen LogP contribution in [0.2, 0.25) is 0 Å². The van der Waals surface area contributed by atoms with Crippen LogP contribution in [0.15, 0.2) is 72.9 Å². The summed E-state index contributed by atoms with van der Waals surface area (Å²) in [5, 5.41) is 0. The molecule has 0 aromatic carbocycles. The zero-order valence-corrected chi connectivity index (χ0v) is 41.1. The molecule has 0 heterocycles. The lowest BCUT2D eigenvalue weighted by Gasteiger charge is -2.18. The van der Waals surface area contributed by atoms with Gasteiger partial charge in [-0.3, -0.25) is 9.59 Å². The summed E-state index contributed by atoms with van der Waals surface area (Å²) in [6.45, 7) is 7.65. The number of carbonyl (C=O) groups is 2. The molecular weight excluding hydrogens is 765 g/mol. The second-order valence-corrected chi connectivity index (χ2v) is 17.4. The number of hydrogen-bond acceptors (Lipinski definition) is 5. The van der Waals surface area contributed by atoms with Crippen molar-refractivity contribution in [2.24, 2.45) is 0 Å². The predicted molar refractivity (Wildman–Crippen MR) is 270 cm³/mol. The molecule has 0 aromatic heterocycles. The maximum atomic E-state index is 12.8. The first-order valence-electron chi connectivity index (χ1n) is 26.5. The first-order valence-corrected chi connectivity index (χ1v) is 26.5. The van der Waals surface area contributed by atoms with Crippen molar-refractivity contribution in [3.63, 3.8) is 0 Å². The number of carbonyl (C=O) groups excluding carboxylic acids is 2. The van der Waals surface area contributed by atoms with E-state index in [1.165, 1.54) is 135 Å². The lowest BCUT2D eigenvalue weighted by atomic mass is 10.1. The van der Waals surface area contributed by atoms with Crippen molar-refractivity contribution < 1.29 is 23.8 Å². The van der Waals surface area contributed by atoms with E-state index in [1.54, 1.807) is 0 Å². The molecule has 1 unspecified atom stereocenters. The standard InChI is InChI=1S/C57H100O5/c1-4-7-10-13-16-19-22-25-27-29-30-33-35-38-41-44-47-50-56(58)61-54-55(62-57(59)51-48-45-42-39-36-32-24-21-18-15-12-9-6-3)53-60-52-49-46-43-40-37-34-31-28-26-23-20-17-14-11-8-5-2/h9,12,16,18-19,21,25-28,32,36,55H,4-8,10-11,13-15,17,20,22-24,29-31,33-35,37-54H2,1-3H3/b12-9-,19-16-,21-18-,27-25-,28-26-,36-32-. The van der Waals surface area contributed by atoms with Crippen LogP contribution < -0.4 is 0 Å². The van der Waals surface area contributed by atoms with Crippen LogP contribution in [-0.4, -0.2) is 37.9 Å². The Balaban J connectivity index is 4.31. The highest BCUT2D eigenvalue weighted by Gasteiger charge is 2.17. The van der Waals surface area contributed by atoms with Crippen LogP contribution in [0.3, 0.4) is 0 Å². The van der Waals surface area contributed by atoms with E-state index in [0.29, 0.717) is 19.4 Å². The molecule has 0 aliphatic carbocycles. The van der Waals surface area contributed by atoms with Crippen LogP contribution in [0, 0.1) is 0 Å². The van der Waals surface area contributed by atoms with Crippen molar-refractivity contribution in [1.29, 1.82) is 0 Å². The third-order valence-electron chi connectivity index (χ3n) is 11.2. The van der Waals surface area contributed by atoms with Gasteiger partial charge < -0.3 is 14.2 Å². The number of hydrogen-bond donors (Lipinski definition) is 0. The smallest absolute Gasteiger partial charge is 0.306 e. The van der Waals surface area contributed by atoms with Crippen LogP contribution in [-0.2, 0) is 23.8 Å². The van der Waals surface area contributed by atoms with Gasteiger partial charge in [0.2, 0.25) is 0 Å². The Morgan fingerprint density at radius 1 is 0.371 bits per heavy atom. The van der Waals surface area contributed by atoms with E-state index in [-0.39, 0.29) is 25.2 Å². The lowest BCUT2D eigenvalue weighted by Crippen LogP contribution is -2.30. The van der Waals surface area contributed by atoms with Crippen LogP contribution in [0.1, 0.15) is 252 Å². The SMILES string of the molecule is CC/C=C\C/C=C\C/C=C\CCCCCC(=O)OC(COCCCCCCCC/C=C\CCCCCCCC)COC(=O)CCCCCCCCC/C=C\C/C=C\CCCCC. The fourth-order valence-corrected chi connectivity index (χ4v) is 7.25. The quantitative estimate of drug-likeness (QED) is 0.0346. The zero-order valence-electron chi connectivity index (χ0n) is 41.1. The van der Waals surface area contributed by atoms with Crippen molar-refractivity contribution in [3.05, 3.63) is 72.9 Å². The molecule has 0 spiro atoms. The normalized spacial score (nSPS) is 12.8. The van der Waals surface area contributed by atoms with E-state index >= 15 is 0 Å². The second-order valence-electron chi connectivity index (χ2n) is 17.4. The molecule has 358 valence electrons. The summed E-state index contributed by atoms with van der Waals surface area (Å²) in [6.07, 6.45) is 67.7. The molecular formula is C57H100O5. The number of esters is 2. The van der Waals surface area contributed by atoms with E-state index in [0.717, 1.165) is 83.5 Å². The van der Waals surface area contributed by atoms with Gasteiger partial charge in [-0.05, 0) is 109 Å². The molecule has 0 aromatic rings. The van der Waals surface area contributed by atoms with Crippen molar-refractivity contribution >= 4 is 11.9 Å². The number of ether oxygens (including phenoxy) is 3. The molecule has 0 aliphatic rings. The fourth-order valence-electron chi connectivity index (χ4n) is 7.25. The molecule has 5 heteroatoms. The monoisotopic (exact) mass is 865 g/mol. The van der Waals surface area contributed by atoms with E-state index in [2.05, 4.69) is 93.7 Å². The van der Waals surface area contributed by atoms with Crippen LogP contribution in [0.4, 0.5) is 0 Å². The zero-order chi connectivity index (χ0) is 44.9. The van der Waals surface area contributed by atoms with E-state index in [1.807, 2.05) is 0 Å². The first kappa shape index (κ1) is 59.3. The van der Waals surface area contributed by atoms with Gasteiger partial charge in [-0.25, -0.2) is 0 Å². The van der Waals surface area contributed by atoms with Crippen molar-refractivity contribution in [2.75, 3.05) is 19.8 Å². The highest BCUT2D eigenvalue weighted by Crippen LogP contribution is 2.14. The van der Waals surface area contributed by atoms with Crippen LogP contribution in [0.5, 0.6) is 0 Å². The summed E-state index contributed by atoms with van der Waals surface area (Å²) < 4.78 is 17.4. The van der Waals surface area contributed by atoms with Crippen molar-refractivity contribution in [2.45, 2.75) is 258 Å². The Bertz CT molecular complexity index is 1110. The summed E-state index contributed by atoms with van der Waals surface area (Å²) in [5.74, 6) is -0.440. The molecule has 0 aliphatic heterocycles. The maximum absolute atomic E-state index is 12.8. The first-order chi connectivity index (χ1) is 30.6. The minimum Gasteiger partial charge on any atom is -0.462 e. The topological polar surface area (TPSA) is 61.8 Å². The maximum Gasteiger partial charge on any atom is 0.306 e. The largest absolute Gasteiger partial charge is 0.462 e. The molecule has 0 rings (SSSR count). The van der Waals surface area contributed by atoms with Gasteiger partial charge in [0.25, 0.3) is 0 Å². The number of rotatable bonds is 48. The average Bonchev–Trinajstić information content (AvgIpc) is 3.27. The van der Waals surface area contributed by atoms with Gasteiger partial charge in [-0.2, -0.15) is 0 Å². The third-order valence-corrected chi connectivity index (χ3v) is 11.2. The number of unbranched alkanes of at least 4 members (excludes halogenated alkanes) is 25. The molecule has 0 amide bonds. The van der Waals surface area contributed by atoms with Crippen LogP contribution in [0.25, 0.3) is 0 Å². The molecule has 5 nitrogen and oxygen atoms in total. The molecule has 62 heavy (non-hydrogen) atoms. The van der Waals surface area contributed by atoms with Crippen molar-refractivity contribution in [1.82, 2.24) is 0 Å². The van der Waals surface area contributed by atoms with E-state index in [4.69, 9.17) is 14.2 Å². The lowest BCUT2D eigenvalue weighted by molar-refractivity contribution is -0.163. The summed E-state index contributed by atoms with van der Waals surface area (Å²) >= 11 is 0. The van der Waals surface area contributed by atoms with Crippen LogP contribution >= 0.6 is 0 Å². The highest BCUT2D eigenvalue weighted by molar-refractivity contribution is 5.70. The third kappa shape index (κ3) is 50.0. The molecule has 0 saturated heterocycles. The van der Waals surface area contributed by atoms with Gasteiger partial charge in [-0.15, -0.1) is 0 Å². The molecule has 0 N–H and O–H groups in total. The van der Waals surface area contributed by atoms with Crippen molar-refractivity contribution in [3.8, 4) is 0 Å². The minimum atomic E-state index is -0.559. The fraction of sp³-hybridized carbons (Fsp3) is 0.754. The predicted octanol–water partition coefficient (Wildman–Crippen LogP) is 17.9.